The number of rotatable bonds is 4. The summed E-state index contributed by atoms with van der Waals surface area (Å²) >= 11 is 1.48. The van der Waals surface area contributed by atoms with Crippen LogP contribution in [0, 0.1) is 11.3 Å². The Kier molecular flexibility index (Phi) is 3.62. The van der Waals surface area contributed by atoms with Crippen LogP contribution in [0.15, 0.2) is 54.7 Å². The summed E-state index contributed by atoms with van der Waals surface area (Å²) < 4.78 is 1.95. The zero-order chi connectivity index (χ0) is 13.8. The molecule has 4 heteroatoms. The number of hydrogen-bond donors (Lipinski definition) is 0. The number of nitriles is 1. The number of hydrogen-bond acceptors (Lipinski definition) is 3. The van der Waals surface area contributed by atoms with E-state index in [0.29, 0.717) is 0 Å². The van der Waals surface area contributed by atoms with Crippen LogP contribution in [0.3, 0.4) is 0 Å². The van der Waals surface area contributed by atoms with Gasteiger partial charge in [0.05, 0.1) is 4.88 Å². The van der Waals surface area contributed by atoms with Crippen molar-refractivity contribution in [1.29, 1.82) is 5.26 Å². The molecule has 0 saturated heterocycles. The monoisotopic (exact) mass is 279 g/mol. The topological polar surface area (TPSA) is 41.6 Å². The van der Waals surface area contributed by atoms with Crippen molar-refractivity contribution in [2.75, 3.05) is 0 Å². The Hall–Kier alpha value is -2.38. The van der Waals surface area contributed by atoms with Crippen LogP contribution >= 0.6 is 11.3 Å². The van der Waals surface area contributed by atoms with Gasteiger partial charge >= 0.3 is 0 Å². The normalized spacial score (nSPS) is 10.3. The van der Waals surface area contributed by atoms with Crippen molar-refractivity contribution >= 4 is 11.3 Å². The van der Waals surface area contributed by atoms with E-state index in [-0.39, 0.29) is 0 Å². The molecule has 1 aromatic carbocycles. The maximum Gasteiger partial charge on any atom is 0.110 e. The summed E-state index contributed by atoms with van der Waals surface area (Å²) in [5, 5.41) is 13.4. The molecule has 3 rings (SSSR count). The molecule has 0 aliphatic carbocycles. The predicted molar refractivity (Wildman–Crippen MR) is 80.4 cm³/mol. The van der Waals surface area contributed by atoms with Crippen LogP contribution in [0.4, 0.5) is 0 Å². The molecular weight excluding hydrogens is 266 g/mol. The number of aromatic nitrogens is 2. The van der Waals surface area contributed by atoms with Gasteiger partial charge in [-0.05, 0) is 30.2 Å². The van der Waals surface area contributed by atoms with E-state index < -0.39 is 0 Å². The summed E-state index contributed by atoms with van der Waals surface area (Å²) in [6.07, 6.45) is 2.96. The number of thiophene rings is 1. The van der Waals surface area contributed by atoms with Crippen molar-refractivity contribution in [2.24, 2.45) is 0 Å². The van der Waals surface area contributed by atoms with Gasteiger partial charge in [0, 0.05) is 12.7 Å². The highest BCUT2D eigenvalue weighted by Crippen LogP contribution is 2.26. The Balaban J connectivity index is 1.69. The van der Waals surface area contributed by atoms with Crippen LogP contribution in [-0.4, -0.2) is 9.78 Å². The highest BCUT2D eigenvalue weighted by atomic mass is 32.1. The first-order chi connectivity index (χ1) is 9.85. The summed E-state index contributed by atoms with van der Waals surface area (Å²) in [5.74, 6) is 0. The quantitative estimate of drug-likeness (QED) is 0.730. The zero-order valence-corrected chi connectivity index (χ0v) is 11.7. The Bertz CT molecular complexity index is 734. The lowest BCUT2D eigenvalue weighted by Gasteiger charge is -2.01. The predicted octanol–water partition coefficient (Wildman–Crippen LogP) is 3.73. The molecule has 98 valence electrons. The van der Waals surface area contributed by atoms with Crippen LogP contribution in [0.5, 0.6) is 0 Å². The van der Waals surface area contributed by atoms with Crippen molar-refractivity contribution in [3.05, 3.63) is 65.2 Å². The van der Waals surface area contributed by atoms with E-state index in [1.807, 2.05) is 35.1 Å². The lowest BCUT2D eigenvalue weighted by Crippen LogP contribution is -2.01. The van der Waals surface area contributed by atoms with Crippen LogP contribution in [0.2, 0.25) is 0 Å². The largest absolute Gasteiger partial charge is 0.272 e. The molecule has 0 amide bonds. The molecule has 0 fully saturated rings. The smallest absolute Gasteiger partial charge is 0.110 e. The maximum absolute atomic E-state index is 8.85. The van der Waals surface area contributed by atoms with Gasteiger partial charge in [-0.3, -0.25) is 4.68 Å². The van der Waals surface area contributed by atoms with E-state index >= 15 is 0 Å². The second-order valence-electron chi connectivity index (χ2n) is 4.48. The van der Waals surface area contributed by atoms with Gasteiger partial charge in [-0.25, -0.2) is 0 Å². The van der Waals surface area contributed by atoms with Gasteiger partial charge in [0.1, 0.15) is 16.6 Å². The van der Waals surface area contributed by atoms with Gasteiger partial charge in [0.2, 0.25) is 0 Å². The van der Waals surface area contributed by atoms with E-state index in [4.69, 9.17) is 5.26 Å². The van der Waals surface area contributed by atoms with Crippen molar-refractivity contribution in [3.8, 4) is 16.6 Å². The molecule has 3 aromatic rings. The fourth-order valence-corrected chi connectivity index (χ4v) is 2.81. The fraction of sp³-hybridized carbons (Fsp3) is 0.125. The fourth-order valence-electron chi connectivity index (χ4n) is 2.04. The first-order valence-electron chi connectivity index (χ1n) is 6.43. The van der Waals surface area contributed by atoms with Crippen LogP contribution < -0.4 is 0 Å². The average molecular weight is 279 g/mol. The molecule has 0 saturated carbocycles. The molecular formula is C16H13N3S. The second kappa shape index (κ2) is 5.72. The maximum atomic E-state index is 8.85. The lowest BCUT2D eigenvalue weighted by molar-refractivity contribution is 0.617. The molecule has 2 aromatic heterocycles. The second-order valence-corrected chi connectivity index (χ2v) is 5.56. The van der Waals surface area contributed by atoms with Crippen LogP contribution in [0.25, 0.3) is 10.6 Å². The summed E-state index contributed by atoms with van der Waals surface area (Å²) in [7, 11) is 0. The van der Waals surface area contributed by atoms with E-state index in [2.05, 4.69) is 35.4 Å². The molecule has 0 aliphatic heterocycles. The third-order valence-corrected chi connectivity index (χ3v) is 4.09. The van der Waals surface area contributed by atoms with E-state index in [1.165, 1.54) is 16.9 Å². The molecule has 2 heterocycles. The first-order valence-corrected chi connectivity index (χ1v) is 7.24. The Morgan fingerprint density at radius 2 is 1.95 bits per heavy atom. The molecule has 0 aliphatic rings. The Morgan fingerprint density at radius 1 is 1.10 bits per heavy atom. The minimum Gasteiger partial charge on any atom is -0.272 e. The van der Waals surface area contributed by atoms with Crippen molar-refractivity contribution in [1.82, 2.24) is 9.78 Å². The molecule has 20 heavy (non-hydrogen) atoms. The van der Waals surface area contributed by atoms with Crippen molar-refractivity contribution in [3.63, 3.8) is 0 Å². The minimum atomic E-state index is 0.721. The molecule has 0 radical (unpaired) electrons. The van der Waals surface area contributed by atoms with Gasteiger partial charge in [-0.15, -0.1) is 11.3 Å². The van der Waals surface area contributed by atoms with Gasteiger partial charge in [-0.2, -0.15) is 10.4 Å². The van der Waals surface area contributed by atoms with E-state index in [1.54, 1.807) is 0 Å². The third-order valence-electron chi connectivity index (χ3n) is 3.08. The van der Waals surface area contributed by atoms with Gasteiger partial charge < -0.3 is 0 Å². The van der Waals surface area contributed by atoms with Crippen molar-refractivity contribution in [2.45, 2.75) is 13.0 Å². The number of nitrogens with zero attached hydrogens (tertiary/aromatic N) is 3. The average Bonchev–Trinajstić information content (AvgIpc) is 3.15. The lowest BCUT2D eigenvalue weighted by atomic mass is 10.2. The number of benzene rings is 1. The molecule has 0 N–H and O–H groups in total. The molecule has 0 unspecified atom stereocenters. The summed E-state index contributed by atoms with van der Waals surface area (Å²) in [6, 6.07) is 18.3. The molecule has 0 atom stereocenters. The summed E-state index contributed by atoms with van der Waals surface area (Å²) in [5.41, 5.74) is 2.25. The third kappa shape index (κ3) is 2.79. The Morgan fingerprint density at radius 3 is 2.70 bits per heavy atom. The Labute approximate surface area is 121 Å². The SMILES string of the molecule is N#Cc1ccc(-c2ccn(CCc3ccccc3)n2)s1. The van der Waals surface area contributed by atoms with Crippen molar-refractivity contribution < 1.29 is 0 Å². The highest BCUT2D eigenvalue weighted by molar-refractivity contribution is 7.15. The van der Waals surface area contributed by atoms with E-state index in [9.17, 15) is 0 Å². The summed E-state index contributed by atoms with van der Waals surface area (Å²) in [4.78, 5) is 1.76. The van der Waals surface area contributed by atoms with Crippen LogP contribution in [-0.2, 0) is 13.0 Å². The molecule has 0 spiro atoms. The van der Waals surface area contributed by atoms with Gasteiger partial charge in [0.25, 0.3) is 0 Å². The summed E-state index contributed by atoms with van der Waals surface area (Å²) in [6.45, 7) is 0.862. The zero-order valence-electron chi connectivity index (χ0n) is 10.9. The molecule has 0 bridgehead atoms. The first kappa shape index (κ1) is 12.6. The highest BCUT2D eigenvalue weighted by Gasteiger charge is 2.06. The minimum absolute atomic E-state index is 0.721. The molecule has 3 nitrogen and oxygen atoms in total. The van der Waals surface area contributed by atoms with Gasteiger partial charge in [-0.1, -0.05) is 30.3 Å². The van der Waals surface area contributed by atoms with E-state index in [0.717, 1.165) is 28.4 Å². The van der Waals surface area contributed by atoms with Gasteiger partial charge in [0.15, 0.2) is 0 Å². The standard InChI is InChI=1S/C16H13N3S/c17-12-14-6-7-16(20-14)15-9-11-19(18-15)10-8-13-4-2-1-3-5-13/h1-7,9,11H,8,10H2. The van der Waals surface area contributed by atoms with Crippen LogP contribution in [0.1, 0.15) is 10.4 Å². The number of aryl methyl sites for hydroxylation is 2.